The lowest BCUT2D eigenvalue weighted by atomic mass is 10.1. The number of aliphatic hydroxyl groups is 1. The highest BCUT2D eigenvalue weighted by Gasteiger charge is 2.30. The summed E-state index contributed by atoms with van der Waals surface area (Å²) >= 11 is 0. The minimum absolute atomic E-state index is 0.0320. The third-order valence-electron chi connectivity index (χ3n) is 2.84. The van der Waals surface area contributed by atoms with E-state index in [1.54, 1.807) is 6.92 Å². The molecule has 1 unspecified atom stereocenters. The molecule has 0 aliphatic heterocycles. The first-order valence-electron chi connectivity index (χ1n) is 6.57. The number of alkyl halides is 3. The molecule has 22 heavy (non-hydrogen) atoms. The first-order valence-corrected chi connectivity index (χ1v) is 6.57. The zero-order valence-electron chi connectivity index (χ0n) is 11.9. The van der Waals surface area contributed by atoms with Crippen LogP contribution >= 0.6 is 0 Å². The molecule has 122 valence electrons. The fourth-order valence-electron chi connectivity index (χ4n) is 1.49. The van der Waals surface area contributed by atoms with E-state index in [1.807, 2.05) is 0 Å². The maximum atomic E-state index is 12.4. The number of benzene rings is 1. The summed E-state index contributed by atoms with van der Waals surface area (Å²) in [7, 11) is 0. The maximum Gasteiger partial charge on any atom is 0.416 e. The molecule has 5 nitrogen and oxygen atoms in total. The standard InChI is InChI=1S/C14H17F3N2O3/c1-9(8-20)6-18-12(21)7-19-13(22)10-2-4-11(5-3-10)14(15,16)17/h2-5,9,20H,6-8H2,1H3,(H,18,21)(H,19,22). The number of nitrogens with one attached hydrogen (secondary N) is 2. The Kier molecular flexibility index (Phi) is 6.36. The van der Waals surface area contributed by atoms with Crippen molar-refractivity contribution in [2.24, 2.45) is 5.92 Å². The van der Waals surface area contributed by atoms with Crippen molar-refractivity contribution in [3.63, 3.8) is 0 Å². The van der Waals surface area contributed by atoms with E-state index in [4.69, 9.17) is 5.11 Å². The van der Waals surface area contributed by atoms with Crippen LogP contribution in [0, 0.1) is 5.92 Å². The monoisotopic (exact) mass is 318 g/mol. The van der Waals surface area contributed by atoms with E-state index in [-0.39, 0.29) is 31.2 Å². The molecule has 0 fully saturated rings. The molecule has 0 aliphatic rings. The molecule has 8 heteroatoms. The lowest BCUT2D eigenvalue weighted by Gasteiger charge is -2.10. The van der Waals surface area contributed by atoms with Crippen LogP contribution in [0.2, 0.25) is 0 Å². The second-order valence-corrected chi connectivity index (χ2v) is 4.85. The Labute approximate surface area is 125 Å². The Hall–Kier alpha value is -2.09. The zero-order valence-corrected chi connectivity index (χ0v) is 11.9. The molecule has 1 rings (SSSR count). The Morgan fingerprint density at radius 2 is 1.77 bits per heavy atom. The molecule has 0 saturated heterocycles. The number of rotatable bonds is 6. The lowest BCUT2D eigenvalue weighted by molar-refractivity contribution is -0.137. The number of halogens is 3. The van der Waals surface area contributed by atoms with Crippen molar-refractivity contribution in [1.82, 2.24) is 10.6 Å². The summed E-state index contributed by atoms with van der Waals surface area (Å²) in [6.07, 6.45) is -4.46. The molecule has 1 aromatic carbocycles. The Morgan fingerprint density at radius 3 is 2.27 bits per heavy atom. The lowest BCUT2D eigenvalue weighted by Crippen LogP contribution is -2.39. The summed E-state index contributed by atoms with van der Waals surface area (Å²) in [6.45, 7) is 1.64. The van der Waals surface area contributed by atoms with Crippen molar-refractivity contribution in [2.45, 2.75) is 13.1 Å². The molecule has 0 aromatic heterocycles. The van der Waals surface area contributed by atoms with Crippen molar-refractivity contribution < 1.29 is 27.9 Å². The van der Waals surface area contributed by atoms with Gasteiger partial charge in [-0.05, 0) is 30.2 Å². The molecule has 0 bridgehead atoms. The van der Waals surface area contributed by atoms with E-state index < -0.39 is 23.6 Å². The van der Waals surface area contributed by atoms with Crippen molar-refractivity contribution in [3.05, 3.63) is 35.4 Å². The van der Waals surface area contributed by atoms with E-state index >= 15 is 0 Å². The van der Waals surface area contributed by atoms with Crippen LogP contribution in [0.3, 0.4) is 0 Å². The van der Waals surface area contributed by atoms with Crippen molar-refractivity contribution in [2.75, 3.05) is 19.7 Å². The van der Waals surface area contributed by atoms with E-state index in [0.29, 0.717) is 0 Å². The van der Waals surface area contributed by atoms with Crippen LogP contribution in [-0.4, -0.2) is 36.6 Å². The number of hydrogen-bond acceptors (Lipinski definition) is 3. The van der Waals surface area contributed by atoms with Crippen LogP contribution in [0.5, 0.6) is 0 Å². The average molecular weight is 318 g/mol. The molecule has 2 amide bonds. The normalized spacial score (nSPS) is 12.6. The molecule has 0 radical (unpaired) electrons. The zero-order chi connectivity index (χ0) is 16.8. The first kappa shape index (κ1) is 18.0. The number of hydrogen-bond donors (Lipinski definition) is 3. The summed E-state index contributed by atoms with van der Waals surface area (Å²) in [4.78, 5) is 23.1. The second-order valence-electron chi connectivity index (χ2n) is 4.85. The van der Waals surface area contributed by atoms with Crippen LogP contribution in [-0.2, 0) is 11.0 Å². The first-order chi connectivity index (χ1) is 10.2. The minimum Gasteiger partial charge on any atom is -0.396 e. The van der Waals surface area contributed by atoms with Crippen LogP contribution in [0.4, 0.5) is 13.2 Å². The highest BCUT2D eigenvalue weighted by atomic mass is 19.4. The molecule has 3 N–H and O–H groups in total. The van der Waals surface area contributed by atoms with E-state index in [2.05, 4.69) is 10.6 Å². The van der Waals surface area contributed by atoms with Gasteiger partial charge in [0.25, 0.3) is 5.91 Å². The van der Waals surface area contributed by atoms with E-state index in [9.17, 15) is 22.8 Å². The Balaban J connectivity index is 2.47. The van der Waals surface area contributed by atoms with Gasteiger partial charge in [-0.3, -0.25) is 9.59 Å². The third-order valence-corrected chi connectivity index (χ3v) is 2.84. The number of aliphatic hydroxyl groups excluding tert-OH is 1. The molecular weight excluding hydrogens is 301 g/mol. The summed E-state index contributed by atoms with van der Waals surface area (Å²) in [5.74, 6) is -1.19. The van der Waals surface area contributed by atoms with Crippen molar-refractivity contribution >= 4 is 11.8 Å². The summed E-state index contributed by atoms with van der Waals surface area (Å²) in [6, 6.07) is 3.70. The number of amides is 2. The second kappa shape index (κ2) is 7.79. The van der Waals surface area contributed by atoms with Gasteiger partial charge in [-0.1, -0.05) is 6.92 Å². The van der Waals surface area contributed by atoms with Crippen molar-refractivity contribution in [3.8, 4) is 0 Å². The van der Waals surface area contributed by atoms with Gasteiger partial charge < -0.3 is 15.7 Å². The van der Waals surface area contributed by atoms with Gasteiger partial charge in [0.15, 0.2) is 0 Å². The molecule has 1 atom stereocenters. The molecule has 0 aliphatic carbocycles. The number of carbonyl (C=O) groups excluding carboxylic acids is 2. The van der Waals surface area contributed by atoms with Gasteiger partial charge >= 0.3 is 6.18 Å². The fourth-order valence-corrected chi connectivity index (χ4v) is 1.49. The highest BCUT2D eigenvalue weighted by molar-refractivity contribution is 5.96. The van der Waals surface area contributed by atoms with Gasteiger partial charge in [-0.2, -0.15) is 13.2 Å². The average Bonchev–Trinajstić information content (AvgIpc) is 2.49. The van der Waals surface area contributed by atoms with Crippen molar-refractivity contribution in [1.29, 1.82) is 0 Å². The predicted octanol–water partition coefficient (Wildman–Crippen LogP) is 1.18. The largest absolute Gasteiger partial charge is 0.416 e. The highest BCUT2D eigenvalue weighted by Crippen LogP contribution is 2.28. The Bertz CT molecular complexity index is 515. The molecule has 1 aromatic rings. The van der Waals surface area contributed by atoms with Gasteiger partial charge in [0.05, 0.1) is 12.1 Å². The molecule has 0 saturated carbocycles. The van der Waals surface area contributed by atoms with Gasteiger partial charge in [0.2, 0.25) is 5.91 Å². The fraction of sp³-hybridized carbons (Fsp3) is 0.429. The quantitative estimate of drug-likeness (QED) is 0.737. The predicted molar refractivity (Wildman–Crippen MR) is 73.0 cm³/mol. The van der Waals surface area contributed by atoms with Crippen LogP contribution in [0.1, 0.15) is 22.8 Å². The Morgan fingerprint density at radius 1 is 1.18 bits per heavy atom. The SMILES string of the molecule is CC(CO)CNC(=O)CNC(=O)c1ccc(C(F)(F)F)cc1. The summed E-state index contributed by atoms with van der Waals surface area (Å²) in [5, 5.41) is 13.6. The van der Waals surface area contributed by atoms with Crippen LogP contribution < -0.4 is 10.6 Å². The molecular formula is C14H17F3N2O3. The topological polar surface area (TPSA) is 78.4 Å². The van der Waals surface area contributed by atoms with Gasteiger partial charge in [-0.25, -0.2) is 0 Å². The minimum atomic E-state index is -4.46. The summed E-state index contributed by atoms with van der Waals surface area (Å²) < 4.78 is 37.1. The molecule has 0 spiro atoms. The van der Waals surface area contributed by atoms with E-state index in [1.165, 1.54) is 0 Å². The third kappa shape index (κ3) is 5.72. The van der Waals surface area contributed by atoms with Crippen LogP contribution in [0.15, 0.2) is 24.3 Å². The smallest absolute Gasteiger partial charge is 0.396 e. The molecule has 0 heterocycles. The van der Waals surface area contributed by atoms with Gasteiger partial charge in [0.1, 0.15) is 0 Å². The van der Waals surface area contributed by atoms with Gasteiger partial charge in [0, 0.05) is 18.7 Å². The maximum absolute atomic E-state index is 12.4. The van der Waals surface area contributed by atoms with Crippen LogP contribution in [0.25, 0.3) is 0 Å². The number of carbonyl (C=O) groups is 2. The van der Waals surface area contributed by atoms with E-state index in [0.717, 1.165) is 24.3 Å². The van der Waals surface area contributed by atoms with Gasteiger partial charge in [-0.15, -0.1) is 0 Å². The summed E-state index contributed by atoms with van der Waals surface area (Å²) in [5.41, 5.74) is -0.815.